The number of hydrazine groups is 1. The Hall–Kier alpha value is -2.19. The number of hydrogen-bond donors (Lipinski definition) is 2. The molecule has 1 atom stereocenters. The molecule has 0 radical (unpaired) electrons. The molecule has 3 rings (SSSR count). The maximum Gasteiger partial charge on any atom is 0.329 e. The maximum absolute atomic E-state index is 13.3. The Morgan fingerprint density at radius 1 is 1.30 bits per heavy atom. The van der Waals surface area contributed by atoms with Crippen LogP contribution in [0.5, 0.6) is 0 Å². The van der Waals surface area contributed by atoms with E-state index >= 15 is 0 Å². The Morgan fingerprint density at radius 3 is 2.83 bits per heavy atom. The normalized spacial score (nSPS) is 22.2. The van der Waals surface area contributed by atoms with Crippen molar-refractivity contribution in [3.63, 3.8) is 0 Å². The van der Waals surface area contributed by atoms with Crippen molar-refractivity contribution in [1.82, 2.24) is 15.8 Å². The lowest BCUT2D eigenvalue weighted by Crippen LogP contribution is -2.53. The monoisotopic (exact) mass is 322 g/mol. The molecule has 1 aromatic rings. The quantitative estimate of drug-likeness (QED) is 0.849. The number of halogens is 1. The number of rotatable bonds is 3. The first-order valence-electron chi connectivity index (χ1n) is 7.57. The van der Waals surface area contributed by atoms with Crippen LogP contribution in [0.3, 0.4) is 0 Å². The van der Waals surface area contributed by atoms with E-state index in [4.69, 9.17) is 4.74 Å². The predicted octanol–water partition coefficient (Wildman–Crippen LogP) is 0.477. The number of benzene rings is 1. The molecule has 0 saturated carbocycles. The minimum Gasteiger partial charge on any atom is -0.379 e. The number of ether oxygens (including phenoxy) is 1. The number of hydrogen-bond acceptors (Lipinski definition) is 4. The van der Waals surface area contributed by atoms with Crippen molar-refractivity contribution in [3.8, 4) is 0 Å². The molecule has 1 aromatic carbocycles. The third-order valence-corrected chi connectivity index (χ3v) is 3.85. The first-order valence-corrected chi connectivity index (χ1v) is 7.57. The van der Waals surface area contributed by atoms with E-state index in [1.165, 1.54) is 17.0 Å². The van der Waals surface area contributed by atoms with E-state index in [1.807, 2.05) is 0 Å². The molecule has 0 aliphatic carbocycles. The number of nitrogens with one attached hydrogen (secondary N) is 2. The number of amides is 3. The van der Waals surface area contributed by atoms with Crippen LogP contribution in [-0.2, 0) is 9.53 Å². The van der Waals surface area contributed by atoms with E-state index in [1.54, 1.807) is 17.1 Å². The van der Waals surface area contributed by atoms with Crippen molar-refractivity contribution >= 4 is 17.6 Å². The van der Waals surface area contributed by atoms with Crippen molar-refractivity contribution in [2.45, 2.75) is 12.5 Å². The van der Waals surface area contributed by atoms with Crippen LogP contribution in [-0.4, -0.2) is 55.8 Å². The predicted molar refractivity (Wildman–Crippen MR) is 81.2 cm³/mol. The smallest absolute Gasteiger partial charge is 0.329 e. The molecule has 2 fully saturated rings. The van der Waals surface area contributed by atoms with Crippen LogP contribution in [0, 0.1) is 5.82 Å². The zero-order valence-electron chi connectivity index (χ0n) is 12.6. The summed E-state index contributed by atoms with van der Waals surface area (Å²) in [4.78, 5) is 25.5. The van der Waals surface area contributed by atoms with Crippen molar-refractivity contribution in [3.05, 3.63) is 30.1 Å². The summed E-state index contributed by atoms with van der Waals surface area (Å²) in [6.45, 7) is 2.75. The molecule has 0 bridgehead atoms. The highest BCUT2D eigenvalue weighted by molar-refractivity contribution is 5.96. The highest BCUT2D eigenvalue weighted by atomic mass is 19.1. The van der Waals surface area contributed by atoms with Gasteiger partial charge in [-0.1, -0.05) is 6.07 Å². The fourth-order valence-electron chi connectivity index (χ4n) is 2.73. The van der Waals surface area contributed by atoms with Crippen molar-refractivity contribution in [1.29, 1.82) is 0 Å². The number of morpholine rings is 1. The molecular formula is C15H19FN4O3. The molecule has 3 amide bonds. The van der Waals surface area contributed by atoms with Gasteiger partial charge < -0.3 is 15.0 Å². The van der Waals surface area contributed by atoms with Crippen LogP contribution >= 0.6 is 0 Å². The summed E-state index contributed by atoms with van der Waals surface area (Å²) >= 11 is 0. The van der Waals surface area contributed by atoms with Gasteiger partial charge in [0.15, 0.2) is 0 Å². The lowest BCUT2D eigenvalue weighted by atomic mass is 10.2. The van der Waals surface area contributed by atoms with Gasteiger partial charge in [-0.15, -0.1) is 0 Å². The SMILES string of the molecule is O=C(N[C@@H]1CC(=O)N(c2cccc(F)c2)C1)NN1CCOCC1. The van der Waals surface area contributed by atoms with Crippen molar-refractivity contribution in [2.75, 3.05) is 37.7 Å². The molecule has 124 valence electrons. The fourth-order valence-corrected chi connectivity index (χ4v) is 2.73. The summed E-state index contributed by atoms with van der Waals surface area (Å²) in [6.07, 6.45) is 0.201. The van der Waals surface area contributed by atoms with Gasteiger partial charge in [-0.3, -0.25) is 10.2 Å². The molecule has 8 heteroatoms. The molecule has 2 N–H and O–H groups in total. The summed E-state index contributed by atoms with van der Waals surface area (Å²) in [5.41, 5.74) is 3.25. The molecule has 7 nitrogen and oxygen atoms in total. The van der Waals surface area contributed by atoms with Crippen LogP contribution in [0.4, 0.5) is 14.9 Å². The highest BCUT2D eigenvalue weighted by Crippen LogP contribution is 2.22. The zero-order chi connectivity index (χ0) is 16.2. The number of carbonyl (C=O) groups is 2. The lowest BCUT2D eigenvalue weighted by molar-refractivity contribution is -0.117. The van der Waals surface area contributed by atoms with Gasteiger partial charge in [-0.05, 0) is 18.2 Å². The second-order valence-electron chi connectivity index (χ2n) is 5.57. The van der Waals surface area contributed by atoms with E-state index in [0.29, 0.717) is 38.5 Å². The number of anilines is 1. The first kappa shape index (κ1) is 15.7. The van der Waals surface area contributed by atoms with Crippen molar-refractivity contribution < 1.29 is 18.7 Å². The average molecular weight is 322 g/mol. The third-order valence-electron chi connectivity index (χ3n) is 3.85. The lowest BCUT2D eigenvalue weighted by Gasteiger charge is -2.27. The van der Waals surface area contributed by atoms with Gasteiger partial charge in [0.2, 0.25) is 5.91 Å². The minimum absolute atomic E-state index is 0.132. The van der Waals surface area contributed by atoms with Gasteiger partial charge >= 0.3 is 6.03 Å². The molecule has 2 aliphatic rings. The Labute approximate surface area is 133 Å². The second kappa shape index (κ2) is 6.93. The van der Waals surface area contributed by atoms with E-state index in [0.717, 1.165) is 0 Å². The second-order valence-corrected chi connectivity index (χ2v) is 5.57. The van der Waals surface area contributed by atoms with Gasteiger partial charge in [-0.25, -0.2) is 14.2 Å². The molecule has 2 heterocycles. The first-order chi connectivity index (χ1) is 11.1. The van der Waals surface area contributed by atoms with Crippen LogP contribution in [0.2, 0.25) is 0 Å². The van der Waals surface area contributed by atoms with Crippen LogP contribution < -0.4 is 15.6 Å². The summed E-state index contributed by atoms with van der Waals surface area (Å²) in [7, 11) is 0. The molecule has 0 spiro atoms. The Morgan fingerprint density at radius 2 is 2.09 bits per heavy atom. The Kier molecular flexibility index (Phi) is 4.73. The molecular weight excluding hydrogens is 303 g/mol. The van der Waals surface area contributed by atoms with E-state index in [2.05, 4.69) is 10.7 Å². The van der Waals surface area contributed by atoms with Crippen LogP contribution in [0.1, 0.15) is 6.42 Å². The summed E-state index contributed by atoms with van der Waals surface area (Å²) < 4.78 is 18.5. The van der Waals surface area contributed by atoms with E-state index < -0.39 is 5.82 Å². The van der Waals surface area contributed by atoms with Crippen LogP contribution in [0.25, 0.3) is 0 Å². The van der Waals surface area contributed by atoms with Gasteiger partial charge in [0, 0.05) is 31.7 Å². The third kappa shape index (κ3) is 3.96. The van der Waals surface area contributed by atoms with Gasteiger partial charge in [-0.2, -0.15) is 0 Å². The molecule has 2 saturated heterocycles. The average Bonchev–Trinajstić information content (AvgIpc) is 2.88. The van der Waals surface area contributed by atoms with Gasteiger partial charge in [0.05, 0.1) is 19.3 Å². The summed E-state index contributed by atoms with van der Waals surface area (Å²) in [6, 6.07) is 5.24. The van der Waals surface area contributed by atoms with E-state index in [9.17, 15) is 14.0 Å². The standard InChI is InChI=1S/C15H19FN4O3/c16-11-2-1-3-13(8-11)20-10-12(9-14(20)21)17-15(22)18-19-4-6-23-7-5-19/h1-3,8,12H,4-7,9-10H2,(H2,17,18,22)/t12-/m1/s1. The number of nitrogens with zero attached hydrogens (tertiary/aromatic N) is 2. The molecule has 23 heavy (non-hydrogen) atoms. The minimum atomic E-state index is -0.392. The van der Waals surface area contributed by atoms with Gasteiger partial charge in [0.25, 0.3) is 0 Å². The number of carbonyl (C=O) groups excluding carboxylic acids is 2. The maximum atomic E-state index is 13.3. The largest absolute Gasteiger partial charge is 0.379 e. The van der Waals surface area contributed by atoms with Crippen molar-refractivity contribution in [2.24, 2.45) is 0 Å². The molecule has 0 unspecified atom stereocenters. The highest BCUT2D eigenvalue weighted by Gasteiger charge is 2.32. The topological polar surface area (TPSA) is 73.9 Å². The molecule has 0 aromatic heterocycles. The van der Waals surface area contributed by atoms with Gasteiger partial charge in [0.1, 0.15) is 5.82 Å². The van der Waals surface area contributed by atoms with Crippen LogP contribution in [0.15, 0.2) is 24.3 Å². The fraction of sp³-hybridized carbons (Fsp3) is 0.467. The Bertz CT molecular complexity index is 592. The molecule has 2 aliphatic heterocycles. The summed E-state index contributed by atoms with van der Waals surface area (Å²) in [5, 5.41) is 4.56. The zero-order valence-corrected chi connectivity index (χ0v) is 12.6. The number of urea groups is 1. The Balaban J connectivity index is 1.54. The summed E-state index contributed by atoms with van der Waals surface area (Å²) in [5.74, 6) is -0.524. The van der Waals surface area contributed by atoms with E-state index in [-0.39, 0.29) is 24.4 Å².